The number of hydrogen-bond donors (Lipinski definition) is 1. The third-order valence-corrected chi connectivity index (χ3v) is 6.01. The van der Waals surface area contributed by atoms with Crippen molar-refractivity contribution >= 4 is 35.0 Å². The number of allylic oxidation sites excluding steroid dienone is 1. The number of aromatic nitrogens is 3. The molecule has 0 aliphatic rings. The van der Waals surface area contributed by atoms with Crippen LogP contribution in [0.3, 0.4) is 0 Å². The molecule has 0 unspecified atom stereocenters. The second kappa shape index (κ2) is 11.6. The number of nitrogens with one attached hydrogen (secondary N) is 1. The van der Waals surface area contributed by atoms with Crippen LogP contribution in [0.25, 0.3) is 0 Å². The van der Waals surface area contributed by atoms with Crippen LogP contribution in [0.15, 0.2) is 54.2 Å². The van der Waals surface area contributed by atoms with Gasteiger partial charge in [0, 0.05) is 17.6 Å². The molecule has 0 fully saturated rings. The molecule has 2 aromatic carbocycles. The molecule has 1 heterocycles. The topological polar surface area (TPSA) is 87.5 Å². The van der Waals surface area contributed by atoms with E-state index in [2.05, 4.69) is 22.1 Å². The lowest BCUT2D eigenvalue weighted by Crippen LogP contribution is -2.15. The van der Waals surface area contributed by atoms with Gasteiger partial charge in [0.15, 0.2) is 11.0 Å². The SMILES string of the molecule is C=CCn1c(COc2ccc(Cl)c(C)c2)nnc1SCC(=O)Nc1cc(OC)ccc1OC. The maximum atomic E-state index is 12.6. The number of amides is 1. The lowest BCUT2D eigenvalue weighted by molar-refractivity contribution is -0.113. The maximum Gasteiger partial charge on any atom is 0.234 e. The minimum atomic E-state index is -0.214. The highest BCUT2D eigenvalue weighted by atomic mass is 35.5. The van der Waals surface area contributed by atoms with Crippen molar-refractivity contribution in [3.8, 4) is 17.2 Å². The van der Waals surface area contributed by atoms with Crippen molar-refractivity contribution in [2.24, 2.45) is 0 Å². The van der Waals surface area contributed by atoms with Gasteiger partial charge in [-0.2, -0.15) is 0 Å². The average Bonchev–Trinajstić information content (AvgIpc) is 3.20. The van der Waals surface area contributed by atoms with Gasteiger partial charge in [-0.3, -0.25) is 9.36 Å². The van der Waals surface area contributed by atoms with Crippen LogP contribution < -0.4 is 19.5 Å². The van der Waals surface area contributed by atoms with Gasteiger partial charge in [-0.05, 0) is 42.8 Å². The molecule has 0 saturated heterocycles. The summed E-state index contributed by atoms with van der Waals surface area (Å²) in [6, 6.07) is 10.7. The van der Waals surface area contributed by atoms with Crippen molar-refractivity contribution in [2.75, 3.05) is 25.3 Å². The predicted octanol–water partition coefficient (Wildman–Crippen LogP) is 4.75. The standard InChI is InChI=1S/C23H25ClN4O4S/c1-5-10-28-21(13-32-17-6-8-18(24)15(2)11-17)26-27-23(28)33-14-22(29)25-19-12-16(30-3)7-9-20(19)31-4/h5-9,11-12H,1,10,13-14H2,2-4H3,(H,25,29). The molecular weight excluding hydrogens is 464 g/mol. The van der Waals surface area contributed by atoms with Gasteiger partial charge in [-0.25, -0.2) is 0 Å². The molecule has 3 aromatic rings. The largest absolute Gasteiger partial charge is 0.497 e. The lowest BCUT2D eigenvalue weighted by Gasteiger charge is -2.12. The number of carbonyl (C=O) groups is 1. The Morgan fingerprint density at radius 2 is 1.97 bits per heavy atom. The molecule has 0 aliphatic heterocycles. The van der Waals surface area contributed by atoms with Crippen LogP contribution in [0.2, 0.25) is 5.02 Å². The van der Waals surface area contributed by atoms with Crippen LogP contribution in [-0.4, -0.2) is 40.6 Å². The number of rotatable bonds is 11. The van der Waals surface area contributed by atoms with E-state index in [1.54, 1.807) is 50.6 Å². The predicted molar refractivity (Wildman–Crippen MR) is 130 cm³/mol. The Labute approximate surface area is 201 Å². The lowest BCUT2D eigenvalue weighted by atomic mass is 10.2. The molecular formula is C23H25ClN4O4S. The third-order valence-electron chi connectivity index (χ3n) is 4.62. The molecule has 10 heteroatoms. The average molecular weight is 489 g/mol. The number of benzene rings is 2. The Morgan fingerprint density at radius 3 is 2.67 bits per heavy atom. The summed E-state index contributed by atoms with van der Waals surface area (Å²) < 4.78 is 18.2. The van der Waals surface area contributed by atoms with Crippen LogP contribution in [0, 0.1) is 6.92 Å². The molecule has 1 amide bonds. The van der Waals surface area contributed by atoms with Gasteiger partial charge in [0.25, 0.3) is 0 Å². The summed E-state index contributed by atoms with van der Waals surface area (Å²) in [5, 5.41) is 12.6. The van der Waals surface area contributed by atoms with E-state index in [4.69, 9.17) is 25.8 Å². The Bertz CT molecular complexity index is 1140. The Kier molecular flexibility index (Phi) is 8.62. The summed E-state index contributed by atoms with van der Waals surface area (Å²) in [5.41, 5.74) is 1.46. The van der Waals surface area contributed by atoms with Crippen molar-refractivity contribution in [3.05, 3.63) is 65.5 Å². The highest BCUT2D eigenvalue weighted by molar-refractivity contribution is 7.99. The molecule has 0 saturated carbocycles. The van der Waals surface area contributed by atoms with Gasteiger partial charge in [0.2, 0.25) is 5.91 Å². The number of nitrogens with zero attached hydrogens (tertiary/aromatic N) is 3. The summed E-state index contributed by atoms with van der Waals surface area (Å²) >= 11 is 7.34. The van der Waals surface area contributed by atoms with Crippen LogP contribution in [0.1, 0.15) is 11.4 Å². The van der Waals surface area contributed by atoms with Crippen molar-refractivity contribution in [1.82, 2.24) is 14.8 Å². The molecule has 33 heavy (non-hydrogen) atoms. The van der Waals surface area contributed by atoms with Gasteiger partial charge in [0.1, 0.15) is 23.9 Å². The van der Waals surface area contributed by atoms with Gasteiger partial charge >= 0.3 is 0 Å². The number of thioether (sulfide) groups is 1. The van der Waals surface area contributed by atoms with Crippen LogP contribution in [-0.2, 0) is 17.9 Å². The number of hydrogen-bond acceptors (Lipinski definition) is 7. The molecule has 3 rings (SSSR count). The first-order valence-electron chi connectivity index (χ1n) is 10.0. The zero-order valence-electron chi connectivity index (χ0n) is 18.6. The number of methoxy groups -OCH3 is 2. The fourth-order valence-corrected chi connectivity index (χ4v) is 3.81. The first kappa shape index (κ1) is 24.5. The minimum Gasteiger partial charge on any atom is -0.497 e. The van der Waals surface area contributed by atoms with E-state index in [1.807, 2.05) is 17.6 Å². The molecule has 0 radical (unpaired) electrons. The number of ether oxygens (including phenoxy) is 3. The molecule has 0 aliphatic carbocycles. The van der Waals surface area contributed by atoms with Gasteiger partial charge < -0.3 is 19.5 Å². The number of aryl methyl sites for hydroxylation is 1. The third kappa shape index (κ3) is 6.43. The Hall–Kier alpha value is -3.17. The molecule has 174 valence electrons. The van der Waals surface area contributed by atoms with E-state index < -0.39 is 0 Å². The monoisotopic (exact) mass is 488 g/mol. The van der Waals surface area contributed by atoms with Gasteiger partial charge in [-0.15, -0.1) is 16.8 Å². The Morgan fingerprint density at radius 1 is 1.18 bits per heavy atom. The van der Waals surface area contributed by atoms with Crippen LogP contribution >= 0.6 is 23.4 Å². The summed E-state index contributed by atoms with van der Waals surface area (Å²) in [7, 11) is 3.10. The van der Waals surface area contributed by atoms with Crippen molar-refractivity contribution in [2.45, 2.75) is 25.2 Å². The smallest absolute Gasteiger partial charge is 0.234 e. The van der Waals surface area contributed by atoms with Crippen molar-refractivity contribution in [3.63, 3.8) is 0 Å². The summed E-state index contributed by atoms with van der Waals surface area (Å²) in [5.74, 6) is 2.39. The number of anilines is 1. The van der Waals surface area contributed by atoms with E-state index in [9.17, 15) is 4.79 Å². The number of carbonyl (C=O) groups excluding carboxylic acids is 1. The van der Waals surface area contributed by atoms with E-state index in [0.717, 1.165) is 5.56 Å². The molecule has 1 aromatic heterocycles. The van der Waals surface area contributed by atoms with Crippen molar-refractivity contribution < 1.29 is 19.0 Å². The second-order valence-electron chi connectivity index (χ2n) is 6.90. The zero-order chi connectivity index (χ0) is 23.8. The highest BCUT2D eigenvalue weighted by Gasteiger charge is 2.15. The summed E-state index contributed by atoms with van der Waals surface area (Å²) in [4.78, 5) is 12.6. The van der Waals surface area contributed by atoms with E-state index in [0.29, 0.717) is 45.5 Å². The zero-order valence-corrected chi connectivity index (χ0v) is 20.2. The summed E-state index contributed by atoms with van der Waals surface area (Å²) in [6.45, 7) is 6.41. The minimum absolute atomic E-state index is 0.132. The Balaban J connectivity index is 1.65. The molecule has 0 spiro atoms. The fraction of sp³-hybridized carbons (Fsp3) is 0.261. The molecule has 0 bridgehead atoms. The first-order valence-corrected chi connectivity index (χ1v) is 11.4. The van der Waals surface area contributed by atoms with Crippen LogP contribution in [0.5, 0.6) is 17.2 Å². The van der Waals surface area contributed by atoms with E-state index in [1.165, 1.54) is 11.8 Å². The van der Waals surface area contributed by atoms with Crippen LogP contribution in [0.4, 0.5) is 5.69 Å². The molecule has 8 nitrogen and oxygen atoms in total. The normalized spacial score (nSPS) is 10.5. The number of halogens is 1. The quantitative estimate of drug-likeness (QED) is 0.307. The van der Waals surface area contributed by atoms with E-state index >= 15 is 0 Å². The molecule has 1 N–H and O–H groups in total. The second-order valence-corrected chi connectivity index (χ2v) is 8.25. The first-order chi connectivity index (χ1) is 15.9. The highest BCUT2D eigenvalue weighted by Crippen LogP contribution is 2.29. The van der Waals surface area contributed by atoms with Gasteiger partial charge in [0.05, 0.1) is 25.7 Å². The van der Waals surface area contributed by atoms with Crippen molar-refractivity contribution in [1.29, 1.82) is 0 Å². The molecule has 0 atom stereocenters. The summed E-state index contributed by atoms with van der Waals surface area (Å²) in [6.07, 6.45) is 1.74. The van der Waals surface area contributed by atoms with E-state index in [-0.39, 0.29) is 18.3 Å². The fourth-order valence-electron chi connectivity index (χ4n) is 2.93. The maximum absolute atomic E-state index is 12.6. The van der Waals surface area contributed by atoms with Gasteiger partial charge in [-0.1, -0.05) is 29.4 Å².